The van der Waals surface area contributed by atoms with Gasteiger partial charge in [0.05, 0.1) is 5.75 Å². The standard InChI is InChI=1S/C13H14N2O2S/c1-8-5-3-4-6-9(8)11-12(16)14-10(7-18-2)15-13(11)17/h3-6H,7H2,1-2H3,(H2,14,15,16,17). The summed E-state index contributed by atoms with van der Waals surface area (Å²) < 4.78 is 0. The van der Waals surface area contributed by atoms with E-state index in [4.69, 9.17) is 0 Å². The summed E-state index contributed by atoms with van der Waals surface area (Å²) in [5.41, 5.74) is 1.57. The zero-order valence-corrected chi connectivity index (χ0v) is 11.0. The van der Waals surface area contributed by atoms with Gasteiger partial charge in [0, 0.05) is 0 Å². The van der Waals surface area contributed by atoms with Gasteiger partial charge in [0.2, 0.25) is 5.88 Å². The smallest absolute Gasteiger partial charge is 0.262 e. The number of aromatic amines is 1. The lowest BCUT2D eigenvalue weighted by molar-refractivity contribution is 0.451. The fraction of sp³-hybridized carbons (Fsp3) is 0.231. The Kier molecular flexibility index (Phi) is 3.72. The fourth-order valence-electron chi connectivity index (χ4n) is 1.81. The predicted molar refractivity (Wildman–Crippen MR) is 73.9 cm³/mol. The monoisotopic (exact) mass is 262 g/mol. The summed E-state index contributed by atoms with van der Waals surface area (Å²) in [6.07, 6.45) is 1.91. The van der Waals surface area contributed by atoms with Gasteiger partial charge in [0.1, 0.15) is 11.4 Å². The molecule has 0 saturated carbocycles. The molecule has 0 unspecified atom stereocenters. The summed E-state index contributed by atoms with van der Waals surface area (Å²) in [6, 6.07) is 7.41. The minimum atomic E-state index is -0.305. The molecule has 2 N–H and O–H groups in total. The second-order valence-corrected chi connectivity index (χ2v) is 4.83. The zero-order chi connectivity index (χ0) is 13.1. The van der Waals surface area contributed by atoms with Gasteiger partial charge in [-0.3, -0.25) is 4.79 Å². The molecule has 0 aliphatic carbocycles. The quantitative estimate of drug-likeness (QED) is 0.891. The van der Waals surface area contributed by atoms with Crippen molar-refractivity contribution in [2.24, 2.45) is 0 Å². The first-order valence-electron chi connectivity index (χ1n) is 5.50. The number of hydrogen-bond acceptors (Lipinski definition) is 4. The number of hydrogen-bond donors (Lipinski definition) is 2. The molecule has 94 valence electrons. The van der Waals surface area contributed by atoms with Gasteiger partial charge in [0.15, 0.2) is 0 Å². The molecule has 1 aromatic carbocycles. The van der Waals surface area contributed by atoms with Crippen molar-refractivity contribution in [1.29, 1.82) is 0 Å². The van der Waals surface area contributed by atoms with Crippen molar-refractivity contribution in [2.75, 3.05) is 6.26 Å². The molecular formula is C13H14N2O2S. The van der Waals surface area contributed by atoms with Crippen LogP contribution in [0, 0.1) is 6.92 Å². The van der Waals surface area contributed by atoms with Crippen LogP contribution in [0.15, 0.2) is 29.1 Å². The Morgan fingerprint density at radius 3 is 2.72 bits per heavy atom. The van der Waals surface area contributed by atoms with Crippen molar-refractivity contribution in [2.45, 2.75) is 12.7 Å². The number of H-pyrrole nitrogens is 1. The van der Waals surface area contributed by atoms with E-state index in [-0.39, 0.29) is 17.0 Å². The second-order valence-electron chi connectivity index (χ2n) is 3.96. The van der Waals surface area contributed by atoms with Crippen LogP contribution < -0.4 is 5.56 Å². The van der Waals surface area contributed by atoms with Crippen molar-refractivity contribution >= 4 is 11.8 Å². The van der Waals surface area contributed by atoms with Crippen molar-refractivity contribution in [3.63, 3.8) is 0 Å². The Morgan fingerprint density at radius 1 is 1.39 bits per heavy atom. The van der Waals surface area contributed by atoms with E-state index in [1.807, 2.05) is 31.4 Å². The summed E-state index contributed by atoms with van der Waals surface area (Å²) in [7, 11) is 0. The van der Waals surface area contributed by atoms with Crippen LogP contribution in [0.4, 0.5) is 0 Å². The van der Waals surface area contributed by atoms with Crippen LogP contribution in [-0.4, -0.2) is 21.3 Å². The second kappa shape index (κ2) is 5.27. The van der Waals surface area contributed by atoms with E-state index in [0.717, 1.165) is 5.56 Å². The molecule has 2 aromatic rings. The highest BCUT2D eigenvalue weighted by Crippen LogP contribution is 2.26. The molecule has 0 radical (unpaired) electrons. The van der Waals surface area contributed by atoms with Crippen molar-refractivity contribution in [1.82, 2.24) is 9.97 Å². The topological polar surface area (TPSA) is 66.0 Å². The van der Waals surface area contributed by atoms with Crippen LogP contribution in [-0.2, 0) is 5.75 Å². The first kappa shape index (κ1) is 12.7. The molecular weight excluding hydrogens is 248 g/mol. The Morgan fingerprint density at radius 2 is 2.11 bits per heavy atom. The Balaban J connectivity index is 2.60. The van der Waals surface area contributed by atoms with E-state index >= 15 is 0 Å². The number of nitrogens with one attached hydrogen (secondary N) is 1. The van der Waals surface area contributed by atoms with Gasteiger partial charge in [-0.2, -0.15) is 16.7 Å². The maximum absolute atomic E-state index is 12.0. The van der Waals surface area contributed by atoms with E-state index in [1.165, 1.54) is 11.8 Å². The number of aromatic hydroxyl groups is 1. The van der Waals surface area contributed by atoms with Crippen LogP contribution in [0.25, 0.3) is 11.1 Å². The van der Waals surface area contributed by atoms with Crippen molar-refractivity contribution in [3.05, 3.63) is 46.0 Å². The van der Waals surface area contributed by atoms with Crippen LogP contribution in [0.5, 0.6) is 5.88 Å². The number of aryl methyl sites for hydroxylation is 1. The van der Waals surface area contributed by atoms with E-state index in [1.54, 1.807) is 6.07 Å². The van der Waals surface area contributed by atoms with Crippen LogP contribution in [0.2, 0.25) is 0 Å². The molecule has 0 bridgehead atoms. The van der Waals surface area contributed by atoms with Crippen molar-refractivity contribution in [3.8, 4) is 17.0 Å². The normalized spacial score (nSPS) is 10.6. The molecule has 18 heavy (non-hydrogen) atoms. The summed E-state index contributed by atoms with van der Waals surface area (Å²) in [5, 5.41) is 9.94. The first-order chi connectivity index (χ1) is 8.63. The molecule has 1 heterocycles. The Labute approximate surface area is 109 Å². The maximum atomic E-state index is 12.0. The van der Waals surface area contributed by atoms with E-state index < -0.39 is 0 Å². The zero-order valence-electron chi connectivity index (χ0n) is 10.2. The lowest BCUT2D eigenvalue weighted by atomic mass is 10.0. The average Bonchev–Trinajstić information content (AvgIpc) is 2.31. The average molecular weight is 262 g/mol. The summed E-state index contributed by atoms with van der Waals surface area (Å²) >= 11 is 1.53. The third-order valence-corrected chi connectivity index (χ3v) is 3.21. The summed E-state index contributed by atoms with van der Waals surface area (Å²) in [6.45, 7) is 1.89. The molecule has 0 amide bonds. The minimum absolute atomic E-state index is 0.211. The lowest BCUT2D eigenvalue weighted by Crippen LogP contribution is -2.14. The molecule has 2 rings (SSSR count). The Hall–Kier alpha value is -1.75. The SMILES string of the molecule is CSCc1nc(O)c(-c2ccccc2C)c(=O)[nH]1. The van der Waals surface area contributed by atoms with Crippen LogP contribution >= 0.6 is 11.8 Å². The van der Waals surface area contributed by atoms with Gasteiger partial charge < -0.3 is 10.1 Å². The number of benzene rings is 1. The summed E-state index contributed by atoms with van der Waals surface area (Å²) in [5.74, 6) is 0.844. The van der Waals surface area contributed by atoms with E-state index in [2.05, 4.69) is 9.97 Å². The Bertz CT molecular complexity index is 623. The van der Waals surface area contributed by atoms with Gasteiger partial charge in [-0.15, -0.1) is 0 Å². The lowest BCUT2D eigenvalue weighted by Gasteiger charge is -2.07. The molecule has 0 atom stereocenters. The number of aromatic nitrogens is 2. The number of nitrogens with zero attached hydrogens (tertiary/aromatic N) is 1. The fourth-order valence-corrected chi connectivity index (χ4v) is 2.22. The predicted octanol–water partition coefficient (Wildman–Crippen LogP) is 2.31. The number of thioether (sulfide) groups is 1. The number of rotatable bonds is 3. The molecule has 0 aliphatic rings. The molecule has 0 saturated heterocycles. The third-order valence-electron chi connectivity index (χ3n) is 2.64. The highest BCUT2D eigenvalue weighted by atomic mass is 32.2. The molecule has 4 nitrogen and oxygen atoms in total. The minimum Gasteiger partial charge on any atom is -0.493 e. The molecule has 1 aromatic heterocycles. The largest absolute Gasteiger partial charge is 0.493 e. The van der Waals surface area contributed by atoms with E-state index in [9.17, 15) is 9.90 Å². The first-order valence-corrected chi connectivity index (χ1v) is 6.90. The van der Waals surface area contributed by atoms with Gasteiger partial charge in [-0.05, 0) is 24.3 Å². The molecule has 0 spiro atoms. The van der Waals surface area contributed by atoms with Gasteiger partial charge >= 0.3 is 0 Å². The molecule has 5 heteroatoms. The summed E-state index contributed by atoms with van der Waals surface area (Å²) in [4.78, 5) is 18.7. The highest BCUT2D eigenvalue weighted by Gasteiger charge is 2.14. The van der Waals surface area contributed by atoms with E-state index in [0.29, 0.717) is 17.1 Å². The van der Waals surface area contributed by atoms with Gasteiger partial charge in [-0.1, -0.05) is 24.3 Å². The van der Waals surface area contributed by atoms with Gasteiger partial charge in [0.25, 0.3) is 5.56 Å². The van der Waals surface area contributed by atoms with Crippen molar-refractivity contribution < 1.29 is 5.11 Å². The van der Waals surface area contributed by atoms with Crippen LogP contribution in [0.1, 0.15) is 11.4 Å². The molecule has 0 aliphatic heterocycles. The van der Waals surface area contributed by atoms with Crippen LogP contribution in [0.3, 0.4) is 0 Å². The maximum Gasteiger partial charge on any atom is 0.262 e. The molecule has 0 fully saturated rings. The highest BCUT2D eigenvalue weighted by molar-refractivity contribution is 7.97. The third kappa shape index (κ3) is 2.41. The van der Waals surface area contributed by atoms with Gasteiger partial charge in [-0.25, -0.2) is 0 Å².